The largest absolute Gasteiger partial charge is 0.481 e. The zero-order valence-corrected chi connectivity index (χ0v) is 14.9. The second kappa shape index (κ2) is 10.2. The molecule has 0 rings (SSSR count). The number of amides is 2. The third-order valence-electron chi connectivity index (χ3n) is 2.97. The summed E-state index contributed by atoms with van der Waals surface area (Å²) in [6.45, 7) is 10.9. The van der Waals surface area contributed by atoms with E-state index in [4.69, 9.17) is 5.11 Å². The van der Waals surface area contributed by atoms with Gasteiger partial charge >= 0.3 is 5.97 Å². The lowest BCUT2D eigenvalue weighted by molar-refractivity contribution is -0.138. The Bertz CT molecular complexity index is 403. The van der Waals surface area contributed by atoms with Gasteiger partial charge in [0.25, 0.3) is 0 Å². The Balaban J connectivity index is 4.44. The van der Waals surface area contributed by atoms with Crippen molar-refractivity contribution < 1.29 is 19.5 Å². The van der Waals surface area contributed by atoms with Crippen LogP contribution in [0.15, 0.2) is 0 Å². The van der Waals surface area contributed by atoms with Gasteiger partial charge in [0.2, 0.25) is 11.8 Å². The number of hydrogen-bond donors (Lipinski definition) is 4. The highest BCUT2D eigenvalue weighted by Crippen LogP contribution is 2.03. The molecule has 0 heterocycles. The van der Waals surface area contributed by atoms with E-state index in [1.807, 2.05) is 34.6 Å². The first-order valence-electron chi connectivity index (χ1n) is 8.05. The van der Waals surface area contributed by atoms with Crippen LogP contribution < -0.4 is 16.0 Å². The van der Waals surface area contributed by atoms with Crippen LogP contribution in [0.1, 0.15) is 53.9 Å². The first-order chi connectivity index (χ1) is 10.5. The van der Waals surface area contributed by atoms with Gasteiger partial charge in [0, 0.05) is 31.5 Å². The van der Waals surface area contributed by atoms with Crippen molar-refractivity contribution >= 4 is 17.8 Å². The molecule has 7 heteroatoms. The normalized spacial score (nSPS) is 12.8. The number of carboxylic acid groups (broad SMARTS) is 1. The summed E-state index contributed by atoms with van der Waals surface area (Å²) in [6.07, 6.45) is 0.223. The zero-order valence-electron chi connectivity index (χ0n) is 14.9. The lowest BCUT2D eigenvalue weighted by Crippen LogP contribution is -2.49. The van der Waals surface area contributed by atoms with Crippen LogP contribution in [-0.4, -0.2) is 47.6 Å². The van der Waals surface area contributed by atoms with Crippen LogP contribution >= 0.6 is 0 Å². The molecule has 0 spiro atoms. The first kappa shape index (κ1) is 21.4. The minimum atomic E-state index is -0.990. The monoisotopic (exact) mass is 329 g/mol. The predicted octanol–water partition coefficient (Wildman–Crippen LogP) is 0.886. The second-order valence-corrected chi connectivity index (χ2v) is 7.12. The molecule has 0 aliphatic carbocycles. The Morgan fingerprint density at radius 3 is 2.17 bits per heavy atom. The average Bonchev–Trinajstić information content (AvgIpc) is 2.37. The van der Waals surface area contributed by atoms with Gasteiger partial charge in [0.15, 0.2) is 0 Å². The molecule has 0 aliphatic heterocycles. The van der Waals surface area contributed by atoms with Crippen molar-refractivity contribution in [3.05, 3.63) is 0 Å². The molecule has 0 aliphatic rings. The Labute approximate surface area is 138 Å². The highest BCUT2D eigenvalue weighted by atomic mass is 16.4. The maximum Gasteiger partial charge on any atom is 0.303 e. The van der Waals surface area contributed by atoms with Gasteiger partial charge in [-0.25, -0.2) is 0 Å². The van der Waals surface area contributed by atoms with Gasteiger partial charge in [-0.1, -0.05) is 13.8 Å². The molecule has 0 saturated heterocycles. The van der Waals surface area contributed by atoms with E-state index >= 15 is 0 Å². The molecule has 4 N–H and O–H groups in total. The molecule has 7 nitrogen and oxygen atoms in total. The number of carbonyl (C=O) groups is 3. The molecule has 0 aromatic heterocycles. The molecule has 134 valence electrons. The quantitative estimate of drug-likeness (QED) is 0.445. The van der Waals surface area contributed by atoms with Gasteiger partial charge in [-0.2, -0.15) is 0 Å². The summed E-state index contributed by atoms with van der Waals surface area (Å²) < 4.78 is 0. The van der Waals surface area contributed by atoms with Crippen molar-refractivity contribution in [2.24, 2.45) is 5.92 Å². The van der Waals surface area contributed by atoms with Crippen molar-refractivity contribution in [3.8, 4) is 0 Å². The number of aliphatic carboxylic acids is 1. The van der Waals surface area contributed by atoms with E-state index in [-0.39, 0.29) is 36.1 Å². The van der Waals surface area contributed by atoms with Crippen molar-refractivity contribution in [3.63, 3.8) is 0 Å². The topological polar surface area (TPSA) is 108 Å². The number of carboxylic acids is 1. The Morgan fingerprint density at radius 1 is 1.09 bits per heavy atom. The predicted molar refractivity (Wildman–Crippen MR) is 89.0 cm³/mol. The van der Waals surface area contributed by atoms with Crippen LogP contribution in [0.2, 0.25) is 0 Å². The lowest BCUT2D eigenvalue weighted by atomic mass is 10.1. The number of hydrogen-bond acceptors (Lipinski definition) is 4. The molecule has 23 heavy (non-hydrogen) atoms. The third kappa shape index (κ3) is 12.6. The number of carbonyl (C=O) groups excluding carboxylic acids is 2. The van der Waals surface area contributed by atoms with E-state index in [1.54, 1.807) is 0 Å². The summed E-state index contributed by atoms with van der Waals surface area (Å²) in [5.41, 5.74) is -0.0427. The van der Waals surface area contributed by atoms with Crippen molar-refractivity contribution in [2.75, 3.05) is 13.1 Å². The van der Waals surface area contributed by atoms with E-state index in [2.05, 4.69) is 16.0 Å². The summed E-state index contributed by atoms with van der Waals surface area (Å²) in [4.78, 5) is 34.7. The fourth-order valence-corrected chi connectivity index (χ4v) is 1.91. The summed E-state index contributed by atoms with van der Waals surface area (Å²) >= 11 is 0. The van der Waals surface area contributed by atoms with Crippen LogP contribution in [0.5, 0.6) is 0 Å². The van der Waals surface area contributed by atoms with Crippen LogP contribution in [0, 0.1) is 5.92 Å². The van der Waals surface area contributed by atoms with E-state index in [1.165, 1.54) is 0 Å². The smallest absolute Gasteiger partial charge is 0.303 e. The van der Waals surface area contributed by atoms with Crippen molar-refractivity contribution in [1.82, 2.24) is 16.0 Å². The van der Waals surface area contributed by atoms with Crippen LogP contribution in [0.3, 0.4) is 0 Å². The molecule has 0 radical (unpaired) electrons. The maximum absolute atomic E-state index is 12.2. The zero-order chi connectivity index (χ0) is 18.0. The molecule has 2 amide bonds. The summed E-state index contributed by atoms with van der Waals surface area (Å²) in [5, 5.41) is 17.4. The molecular weight excluding hydrogens is 298 g/mol. The third-order valence-corrected chi connectivity index (χ3v) is 2.97. The van der Waals surface area contributed by atoms with E-state index in [0.717, 1.165) is 0 Å². The molecule has 0 unspecified atom stereocenters. The molecular formula is C16H31N3O4. The molecule has 0 fully saturated rings. The van der Waals surface area contributed by atoms with Crippen LogP contribution in [-0.2, 0) is 14.4 Å². The Morgan fingerprint density at radius 2 is 1.70 bits per heavy atom. The Kier molecular flexibility index (Phi) is 9.48. The molecule has 0 saturated carbocycles. The number of rotatable bonds is 10. The van der Waals surface area contributed by atoms with Gasteiger partial charge in [0.05, 0.1) is 0 Å². The minimum absolute atomic E-state index is 0.0427. The summed E-state index contributed by atoms with van der Waals surface area (Å²) in [6, 6.07) is -0.813. The van der Waals surface area contributed by atoms with Gasteiger partial charge in [-0.15, -0.1) is 0 Å². The van der Waals surface area contributed by atoms with Crippen molar-refractivity contribution in [2.45, 2.75) is 65.5 Å². The number of nitrogens with one attached hydrogen (secondary N) is 3. The van der Waals surface area contributed by atoms with Gasteiger partial charge < -0.3 is 21.1 Å². The van der Waals surface area contributed by atoms with E-state index < -0.39 is 12.0 Å². The molecule has 0 bridgehead atoms. The second-order valence-electron chi connectivity index (χ2n) is 7.12. The van der Waals surface area contributed by atoms with E-state index in [0.29, 0.717) is 19.5 Å². The molecule has 0 aromatic rings. The van der Waals surface area contributed by atoms with Gasteiger partial charge in [-0.05, 0) is 33.1 Å². The molecule has 0 aromatic carbocycles. The highest BCUT2D eigenvalue weighted by Gasteiger charge is 2.21. The fraction of sp³-hybridized carbons (Fsp3) is 0.812. The maximum atomic E-state index is 12.2. The average molecular weight is 329 g/mol. The fourth-order valence-electron chi connectivity index (χ4n) is 1.91. The van der Waals surface area contributed by atoms with E-state index in [9.17, 15) is 14.4 Å². The van der Waals surface area contributed by atoms with Crippen molar-refractivity contribution in [1.29, 1.82) is 0 Å². The van der Waals surface area contributed by atoms with Crippen LogP contribution in [0.25, 0.3) is 0 Å². The molecule has 1 atom stereocenters. The summed E-state index contributed by atoms with van der Waals surface area (Å²) in [5.74, 6) is -1.40. The van der Waals surface area contributed by atoms with Gasteiger partial charge in [-0.3, -0.25) is 14.4 Å². The standard InChI is InChI=1S/C16H31N3O4/c1-11(2)10-13(20)19-12(6-7-14(21)22)15(23)17-8-9-18-16(3,4)5/h11-12,18H,6-10H2,1-5H3,(H,17,23)(H,19,20)(H,21,22)/t12-/m1/s1. The summed E-state index contributed by atoms with van der Waals surface area (Å²) in [7, 11) is 0. The van der Waals surface area contributed by atoms with Gasteiger partial charge in [0.1, 0.15) is 6.04 Å². The van der Waals surface area contributed by atoms with Crippen LogP contribution in [0.4, 0.5) is 0 Å². The minimum Gasteiger partial charge on any atom is -0.481 e. The SMILES string of the molecule is CC(C)CC(=O)N[C@H](CCC(=O)O)C(=O)NCCNC(C)(C)C. The first-order valence-corrected chi connectivity index (χ1v) is 8.05. The Hall–Kier alpha value is -1.63. The highest BCUT2D eigenvalue weighted by molar-refractivity contribution is 5.88. The lowest BCUT2D eigenvalue weighted by Gasteiger charge is -2.22.